The van der Waals surface area contributed by atoms with Crippen LogP contribution in [0.3, 0.4) is 0 Å². The summed E-state index contributed by atoms with van der Waals surface area (Å²) >= 11 is 0.853. The monoisotopic (exact) mass is 199 g/mol. The predicted molar refractivity (Wildman–Crippen MR) is 50.2 cm³/mol. The Morgan fingerprint density at radius 2 is 2.46 bits per heavy atom. The van der Waals surface area contributed by atoms with Gasteiger partial charge in [0.15, 0.2) is 0 Å². The minimum atomic E-state index is -0.485. The molecule has 13 heavy (non-hydrogen) atoms. The molecule has 0 spiro atoms. The summed E-state index contributed by atoms with van der Waals surface area (Å²) in [5.74, 6) is -0.485. The Morgan fingerprint density at radius 3 is 2.92 bits per heavy atom. The second-order valence-electron chi connectivity index (χ2n) is 2.36. The highest BCUT2D eigenvalue weighted by molar-refractivity contribution is 7.11. The summed E-state index contributed by atoms with van der Waals surface area (Å²) in [4.78, 5) is 24.6. The summed E-state index contributed by atoms with van der Waals surface area (Å²) in [7, 11) is 0. The molecule has 0 aliphatic rings. The lowest BCUT2D eigenvalue weighted by molar-refractivity contribution is 0.0554. The zero-order valence-corrected chi connectivity index (χ0v) is 7.94. The third-order valence-electron chi connectivity index (χ3n) is 1.34. The number of aryl methyl sites for hydroxylation is 1. The van der Waals surface area contributed by atoms with Gasteiger partial charge in [-0.15, -0.1) is 0 Å². The highest BCUT2D eigenvalue weighted by Gasteiger charge is 2.13. The fraction of sp³-hybridized carbons (Fsp3) is 0.250. The Morgan fingerprint density at radius 1 is 1.77 bits per heavy atom. The molecule has 0 aliphatic heterocycles. The molecule has 0 radical (unpaired) electrons. The van der Waals surface area contributed by atoms with Crippen molar-refractivity contribution in [1.82, 2.24) is 4.98 Å². The van der Waals surface area contributed by atoms with E-state index < -0.39 is 5.97 Å². The highest BCUT2D eigenvalue weighted by atomic mass is 32.1. The third kappa shape index (κ3) is 2.29. The number of carbonyl (C=O) groups is 1. The summed E-state index contributed by atoms with van der Waals surface area (Å²) in [6.07, 6.45) is 1.47. The lowest BCUT2D eigenvalue weighted by Gasteiger charge is -1.98. The molecule has 0 saturated carbocycles. The van der Waals surface area contributed by atoms with Crippen molar-refractivity contribution >= 4 is 17.3 Å². The van der Waals surface area contributed by atoms with Crippen LogP contribution in [0.1, 0.15) is 15.4 Å². The molecule has 0 atom stereocenters. The van der Waals surface area contributed by atoms with Gasteiger partial charge in [0.2, 0.25) is 0 Å². The number of aromatic nitrogens is 1. The fourth-order valence-corrected chi connectivity index (χ4v) is 1.54. The molecule has 0 amide bonds. The number of ether oxygens (including phenoxy) is 1. The van der Waals surface area contributed by atoms with E-state index in [4.69, 9.17) is 4.74 Å². The van der Waals surface area contributed by atoms with Crippen LogP contribution in [0, 0.1) is 6.92 Å². The summed E-state index contributed by atoms with van der Waals surface area (Å²) < 4.78 is 4.77. The number of hydrogen-bond acceptors (Lipinski definition) is 4. The molecule has 1 aromatic heterocycles. The topological polar surface area (TPSA) is 59.2 Å². The number of H-pyrrole nitrogens is 1. The Balaban J connectivity index is 2.82. The first-order valence-corrected chi connectivity index (χ1v) is 4.44. The second-order valence-corrected chi connectivity index (χ2v) is 3.34. The van der Waals surface area contributed by atoms with Gasteiger partial charge in [0.05, 0.1) is 0 Å². The lowest BCUT2D eigenvalue weighted by atomic mass is 10.4. The van der Waals surface area contributed by atoms with E-state index in [1.165, 1.54) is 6.08 Å². The third-order valence-corrected chi connectivity index (χ3v) is 2.31. The first kappa shape index (κ1) is 9.73. The molecule has 0 aliphatic carbocycles. The van der Waals surface area contributed by atoms with Crippen LogP contribution in [-0.4, -0.2) is 17.6 Å². The Bertz CT molecular complexity index is 377. The van der Waals surface area contributed by atoms with Crippen LogP contribution in [0.25, 0.3) is 0 Å². The quantitative estimate of drug-likeness (QED) is 0.585. The van der Waals surface area contributed by atoms with Gasteiger partial charge < -0.3 is 9.72 Å². The summed E-state index contributed by atoms with van der Waals surface area (Å²) in [5.41, 5.74) is 0.545. The molecule has 0 saturated heterocycles. The summed E-state index contributed by atoms with van der Waals surface area (Å²) in [6.45, 7) is 5.22. The van der Waals surface area contributed by atoms with Crippen molar-refractivity contribution in [3.63, 3.8) is 0 Å². The van der Waals surface area contributed by atoms with Gasteiger partial charge >= 0.3 is 10.8 Å². The van der Waals surface area contributed by atoms with E-state index >= 15 is 0 Å². The average molecular weight is 199 g/mol. The van der Waals surface area contributed by atoms with Crippen molar-refractivity contribution in [3.05, 3.63) is 32.9 Å². The summed E-state index contributed by atoms with van der Waals surface area (Å²) in [6, 6.07) is 0. The van der Waals surface area contributed by atoms with Crippen LogP contribution in [-0.2, 0) is 4.74 Å². The second kappa shape index (κ2) is 4.04. The number of rotatable bonds is 3. The minimum Gasteiger partial charge on any atom is -0.457 e. The first-order chi connectivity index (χ1) is 6.15. The molecule has 0 fully saturated rings. The van der Waals surface area contributed by atoms with Gasteiger partial charge in [-0.3, -0.25) is 4.79 Å². The Labute approximate surface area is 78.9 Å². The van der Waals surface area contributed by atoms with Gasteiger partial charge in [-0.05, 0) is 6.92 Å². The van der Waals surface area contributed by atoms with Gasteiger partial charge in [0.1, 0.15) is 11.5 Å². The molecular formula is C8H9NO3S. The molecule has 1 aromatic rings. The smallest absolute Gasteiger partial charge is 0.350 e. The van der Waals surface area contributed by atoms with Crippen molar-refractivity contribution in [2.45, 2.75) is 6.92 Å². The molecular weight excluding hydrogens is 190 g/mol. The molecule has 1 rings (SSSR count). The number of nitrogens with one attached hydrogen (secondary N) is 1. The van der Waals surface area contributed by atoms with Gasteiger partial charge in [0, 0.05) is 5.69 Å². The number of thiazole rings is 1. The van der Waals surface area contributed by atoms with Crippen molar-refractivity contribution in [2.75, 3.05) is 6.61 Å². The molecule has 0 bridgehead atoms. The average Bonchev–Trinajstić information content (AvgIpc) is 2.41. The highest BCUT2D eigenvalue weighted by Crippen LogP contribution is 2.09. The Hall–Kier alpha value is -1.36. The normalized spacial score (nSPS) is 9.62. The van der Waals surface area contributed by atoms with Crippen molar-refractivity contribution in [3.8, 4) is 0 Å². The maximum Gasteiger partial charge on any atom is 0.350 e. The molecule has 4 nitrogen and oxygen atoms in total. The predicted octanol–water partition coefficient (Wildman–Crippen LogP) is 1.09. The van der Waals surface area contributed by atoms with Crippen LogP contribution in [0.2, 0.25) is 0 Å². The van der Waals surface area contributed by atoms with E-state index in [1.807, 2.05) is 0 Å². The number of esters is 1. The molecule has 1 heterocycles. The van der Waals surface area contributed by atoms with E-state index in [9.17, 15) is 9.59 Å². The first-order valence-electron chi connectivity index (χ1n) is 3.63. The fourth-order valence-electron chi connectivity index (χ4n) is 0.800. The molecule has 0 unspecified atom stereocenters. The number of hydrogen-bond donors (Lipinski definition) is 1. The SMILES string of the molecule is C=CCOC(=O)c1sc(=O)[nH]c1C. The Kier molecular flexibility index (Phi) is 3.02. The summed E-state index contributed by atoms with van der Waals surface area (Å²) in [5, 5.41) is 0. The van der Waals surface area contributed by atoms with Crippen molar-refractivity contribution in [2.24, 2.45) is 0 Å². The van der Waals surface area contributed by atoms with Crippen molar-refractivity contribution < 1.29 is 9.53 Å². The standard InChI is InChI=1S/C8H9NO3S/c1-3-4-12-7(10)6-5(2)9-8(11)13-6/h3H,1,4H2,2H3,(H,9,11). The maximum absolute atomic E-state index is 11.2. The van der Waals surface area contributed by atoms with Crippen LogP contribution < -0.4 is 4.87 Å². The van der Waals surface area contributed by atoms with Crippen LogP contribution in [0.4, 0.5) is 0 Å². The van der Waals surface area contributed by atoms with Crippen LogP contribution in [0.5, 0.6) is 0 Å². The van der Waals surface area contributed by atoms with Crippen LogP contribution in [0.15, 0.2) is 17.4 Å². The largest absolute Gasteiger partial charge is 0.457 e. The number of aromatic amines is 1. The van der Waals surface area contributed by atoms with Gasteiger partial charge in [-0.2, -0.15) is 0 Å². The molecule has 0 aromatic carbocycles. The van der Waals surface area contributed by atoms with E-state index in [2.05, 4.69) is 11.6 Å². The maximum atomic E-state index is 11.2. The van der Waals surface area contributed by atoms with E-state index in [0.717, 1.165) is 11.3 Å². The van der Waals surface area contributed by atoms with E-state index in [1.54, 1.807) is 6.92 Å². The van der Waals surface area contributed by atoms with Gasteiger partial charge in [0.25, 0.3) is 0 Å². The van der Waals surface area contributed by atoms with E-state index in [-0.39, 0.29) is 11.5 Å². The lowest BCUT2D eigenvalue weighted by Crippen LogP contribution is -2.04. The zero-order valence-electron chi connectivity index (χ0n) is 7.12. The minimum absolute atomic E-state index is 0.157. The van der Waals surface area contributed by atoms with Gasteiger partial charge in [-0.1, -0.05) is 24.0 Å². The van der Waals surface area contributed by atoms with Crippen molar-refractivity contribution in [1.29, 1.82) is 0 Å². The number of carbonyl (C=O) groups excluding carboxylic acids is 1. The zero-order chi connectivity index (χ0) is 9.84. The van der Waals surface area contributed by atoms with Gasteiger partial charge in [-0.25, -0.2) is 4.79 Å². The molecule has 1 N–H and O–H groups in total. The van der Waals surface area contributed by atoms with Crippen LogP contribution >= 0.6 is 11.3 Å². The molecule has 70 valence electrons. The van der Waals surface area contributed by atoms with E-state index in [0.29, 0.717) is 10.6 Å². The molecule has 5 heteroatoms.